The van der Waals surface area contributed by atoms with Crippen LogP contribution >= 0.6 is 0 Å². The third-order valence-corrected chi connectivity index (χ3v) is 4.29. The Morgan fingerprint density at radius 3 is 2.74 bits per heavy atom. The molecule has 0 fully saturated rings. The van der Waals surface area contributed by atoms with Crippen molar-refractivity contribution in [3.8, 4) is 11.4 Å². The molecule has 7 nitrogen and oxygen atoms in total. The summed E-state index contributed by atoms with van der Waals surface area (Å²) in [6, 6.07) is 5.29. The molecule has 144 valence electrons. The van der Waals surface area contributed by atoms with E-state index in [-0.39, 0.29) is 5.91 Å². The highest BCUT2D eigenvalue weighted by Gasteiger charge is 2.26. The molecule has 1 aliphatic heterocycles. The second kappa shape index (κ2) is 7.42. The van der Waals surface area contributed by atoms with Crippen LogP contribution in [-0.2, 0) is 11.2 Å². The van der Waals surface area contributed by atoms with E-state index in [0.717, 1.165) is 18.5 Å². The minimum Gasteiger partial charge on any atom is -0.497 e. The van der Waals surface area contributed by atoms with Crippen molar-refractivity contribution >= 4 is 11.9 Å². The zero-order valence-electron chi connectivity index (χ0n) is 16.2. The van der Waals surface area contributed by atoms with Crippen molar-refractivity contribution in [2.24, 2.45) is 0 Å². The summed E-state index contributed by atoms with van der Waals surface area (Å²) >= 11 is 0. The van der Waals surface area contributed by atoms with Crippen molar-refractivity contribution in [2.45, 2.75) is 45.6 Å². The van der Waals surface area contributed by atoms with Crippen LogP contribution in [-0.4, -0.2) is 40.7 Å². The van der Waals surface area contributed by atoms with Crippen LogP contribution in [0.15, 0.2) is 24.5 Å². The summed E-state index contributed by atoms with van der Waals surface area (Å²) < 4.78 is 12.6. The van der Waals surface area contributed by atoms with E-state index in [1.54, 1.807) is 36.2 Å². The summed E-state index contributed by atoms with van der Waals surface area (Å²) in [5, 5.41) is 2.93. The summed E-state index contributed by atoms with van der Waals surface area (Å²) in [5.74, 6) is -0.0351. The van der Waals surface area contributed by atoms with E-state index in [4.69, 9.17) is 9.47 Å². The van der Waals surface area contributed by atoms with Crippen LogP contribution < -0.4 is 10.1 Å². The van der Waals surface area contributed by atoms with Crippen LogP contribution in [0.2, 0.25) is 0 Å². The summed E-state index contributed by atoms with van der Waals surface area (Å²) in [7, 11) is 1.56. The standard InChI is InChI=1S/C20H25N3O4/c1-20(2,3)27-19(25)17-16-7-5-6-10-21-18(24)14-11-13(26-4)8-9-15(14)23(16)12-22-17/h8-9,11-12H,5-7,10H2,1-4H3,(H,21,24). The lowest BCUT2D eigenvalue weighted by Gasteiger charge is -2.20. The van der Waals surface area contributed by atoms with Gasteiger partial charge in [0.25, 0.3) is 5.91 Å². The number of benzene rings is 1. The monoisotopic (exact) mass is 371 g/mol. The molecule has 1 aliphatic rings. The third kappa shape index (κ3) is 4.13. The molecule has 0 spiro atoms. The lowest BCUT2D eigenvalue weighted by Crippen LogP contribution is -2.27. The lowest BCUT2D eigenvalue weighted by molar-refractivity contribution is 0.00619. The van der Waals surface area contributed by atoms with Crippen LogP contribution in [0.1, 0.15) is 60.2 Å². The first-order valence-corrected chi connectivity index (χ1v) is 9.06. The van der Waals surface area contributed by atoms with Gasteiger partial charge in [-0.25, -0.2) is 9.78 Å². The first-order valence-electron chi connectivity index (χ1n) is 9.06. The molecule has 0 saturated heterocycles. The Kier molecular flexibility index (Phi) is 5.21. The maximum absolute atomic E-state index is 12.6. The molecule has 1 aromatic heterocycles. The molecule has 7 heteroatoms. The topological polar surface area (TPSA) is 82.4 Å². The number of rotatable bonds is 2. The molecule has 1 aromatic carbocycles. The largest absolute Gasteiger partial charge is 0.497 e. The van der Waals surface area contributed by atoms with E-state index in [0.29, 0.717) is 35.7 Å². The number of hydrogen-bond acceptors (Lipinski definition) is 5. The Morgan fingerprint density at radius 2 is 2.04 bits per heavy atom. The predicted octanol–water partition coefficient (Wildman–Crippen LogP) is 2.90. The van der Waals surface area contributed by atoms with Crippen LogP contribution in [0.4, 0.5) is 0 Å². The predicted molar refractivity (Wildman–Crippen MR) is 101 cm³/mol. The molecule has 2 aromatic rings. The Hall–Kier alpha value is -2.83. The fourth-order valence-corrected chi connectivity index (χ4v) is 3.07. The quantitative estimate of drug-likeness (QED) is 0.821. The minimum absolute atomic E-state index is 0.177. The molecule has 0 unspecified atom stereocenters. The first kappa shape index (κ1) is 18.9. The van der Waals surface area contributed by atoms with Gasteiger partial charge in [-0.05, 0) is 58.2 Å². The van der Waals surface area contributed by atoms with Gasteiger partial charge in [0.1, 0.15) is 17.7 Å². The average molecular weight is 371 g/mol. The third-order valence-electron chi connectivity index (χ3n) is 4.29. The highest BCUT2D eigenvalue weighted by Crippen LogP contribution is 2.26. The van der Waals surface area contributed by atoms with Gasteiger partial charge in [0, 0.05) is 6.54 Å². The smallest absolute Gasteiger partial charge is 0.359 e. The number of amides is 1. The van der Waals surface area contributed by atoms with Crippen molar-refractivity contribution in [2.75, 3.05) is 13.7 Å². The molecule has 0 atom stereocenters. The maximum atomic E-state index is 12.6. The number of nitrogens with zero attached hydrogens (tertiary/aromatic N) is 2. The van der Waals surface area contributed by atoms with Gasteiger partial charge in [-0.3, -0.25) is 4.79 Å². The number of ether oxygens (including phenoxy) is 2. The zero-order chi connectivity index (χ0) is 19.6. The zero-order valence-corrected chi connectivity index (χ0v) is 16.2. The summed E-state index contributed by atoms with van der Waals surface area (Å²) in [6.45, 7) is 6.05. The van der Waals surface area contributed by atoms with Crippen molar-refractivity contribution in [3.63, 3.8) is 0 Å². The molecule has 2 heterocycles. The Bertz CT molecular complexity index is 865. The molecular formula is C20H25N3O4. The van der Waals surface area contributed by atoms with Gasteiger partial charge in [-0.1, -0.05) is 0 Å². The van der Waals surface area contributed by atoms with Gasteiger partial charge >= 0.3 is 5.97 Å². The number of hydrogen-bond donors (Lipinski definition) is 1. The van der Waals surface area contributed by atoms with E-state index < -0.39 is 11.6 Å². The van der Waals surface area contributed by atoms with Crippen molar-refractivity contribution in [1.29, 1.82) is 0 Å². The molecule has 0 radical (unpaired) electrons. The number of carbonyl (C=O) groups is 2. The lowest BCUT2D eigenvalue weighted by atomic mass is 10.1. The van der Waals surface area contributed by atoms with Gasteiger partial charge in [0.15, 0.2) is 5.69 Å². The Labute approximate surface area is 158 Å². The highest BCUT2D eigenvalue weighted by atomic mass is 16.6. The van der Waals surface area contributed by atoms with Crippen molar-refractivity contribution in [3.05, 3.63) is 41.5 Å². The van der Waals surface area contributed by atoms with Gasteiger partial charge < -0.3 is 19.4 Å². The summed E-state index contributed by atoms with van der Waals surface area (Å²) in [5.41, 5.74) is 1.59. The van der Waals surface area contributed by atoms with Crippen LogP contribution in [0.5, 0.6) is 5.75 Å². The van der Waals surface area contributed by atoms with E-state index in [1.165, 1.54) is 0 Å². The van der Waals surface area contributed by atoms with Crippen LogP contribution in [0, 0.1) is 0 Å². The highest BCUT2D eigenvalue weighted by molar-refractivity contribution is 5.98. The SMILES string of the molecule is COc1ccc2c(c1)C(=O)NCCCCc1c(C(=O)OC(C)(C)C)ncn1-2. The molecule has 0 aliphatic carbocycles. The minimum atomic E-state index is -0.602. The number of nitrogens with one attached hydrogen (secondary N) is 1. The fraction of sp³-hybridized carbons (Fsp3) is 0.450. The normalized spacial score (nSPS) is 14.6. The van der Waals surface area contributed by atoms with Crippen LogP contribution in [0.3, 0.4) is 0 Å². The van der Waals surface area contributed by atoms with Crippen molar-refractivity contribution in [1.82, 2.24) is 14.9 Å². The second-order valence-corrected chi connectivity index (χ2v) is 7.51. The summed E-state index contributed by atoms with van der Waals surface area (Å²) in [6.07, 6.45) is 3.88. The van der Waals surface area contributed by atoms with Gasteiger partial charge in [-0.15, -0.1) is 0 Å². The van der Waals surface area contributed by atoms with Crippen LogP contribution in [0.25, 0.3) is 5.69 Å². The van der Waals surface area contributed by atoms with Gasteiger partial charge in [0.2, 0.25) is 0 Å². The molecule has 1 N–H and O–H groups in total. The molecular weight excluding hydrogens is 346 g/mol. The number of fused-ring (bicyclic) bond motifs is 3. The number of esters is 1. The Morgan fingerprint density at radius 1 is 1.26 bits per heavy atom. The molecule has 1 amide bonds. The van der Waals surface area contributed by atoms with E-state index in [9.17, 15) is 9.59 Å². The molecule has 0 saturated carbocycles. The van der Waals surface area contributed by atoms with E-state index >= 15 is 0 Å². The number of carbonyl (C=O) groups excluding carboxylic acids is 2. The fourth-order valence-electron chi connectivity index (χ4n) is 3.07. The maximum Gasteiger partial charge on any atom is 0.359 e. The number of methoxy groups -OCH3 is 1. The number of aromatic nitrogens is 2. The van der Waals surface area contributed by atoms with Gasteiger partial charge in [-0.2, -0.15) is 0 Å². The summed E-state index contributed by atoms with van der Waals surface area (Å²) in [4.78, 5) is 29.6. The van der Waals surface area contributed by atoms with Gasteiger partial charge in [0.05, 0.1) is 24.1 Å². The first-order chi connectivity index (χ1) is 12.8. The number of imidazole rings is 1. The molecule has 0 bridgehead atoms. The molecule has 27 heavy (non-hydrogen) atoms. The van der Waals surface area contributed by atoms with E-state index in [2.05, 4.69) is 10.3 Å². The Balaban J connectivity index is 2.12. The van der Waals surface area contributed by atoms with E-state index in [1.807, 2.05) is 20.8 Å². The average Bonchev–Trinajstić information content (AvgIpc) is 3.03. The molecule has 3 rings (SSSR count). The second-order valence-electron chi connectivity index (χ2n) is 7.51. The van der Waals surface area contributed by atoms with Crippen molar-refractivity contribution < 1.29 is 19.1 Å².